The molecule has 1 aliphatic rings. The predicted octanol–water partition coefficient (Wildman–Crippen LogP) is 3.77. The standard InChI is InChI=1S/C17H24N2O2/c1-12(2)21-15-10-8-14(9-11-15)17(20)19-18-16-7-5-4-6-13(16)3/h8-13H,4-7H2,1-3H3,(H,19,20)/b18-16-/t13-/m0/s1. The maximum atomic E-state index is 12.1. The van der Waals surface area contributed by atoms with Gasteiger partial charge in [-0.3, -0.25) is 4.79 Å². The predicted molar refractivity (Wildman–Crippen MR) is 84.7 cm³/mol. The van der Waals surface area contributed by atoms with Gasteiger partial charge in [-0.25, -0.2) is 5.43 Å². The first-order valence-electron chi connectivity index (χ1n) is 7.70. The van der Waals surface area contributed by atoms with E-state index in [4.69, 9.17) is 4.74 Å². The molecule has 1 fully saturated rings. The molecule has 0 bridgehead atoms. The molecule has 0 aliphatic heterocycles. The topological polar surface area (TPSA) is 50.7 Å². The Morgan fingerprint density at radius 2 is 2.00 bits per heavy atom. The minimum Gasteiger partial charge on any atom is -0.491 e. The summed E-state index contributed by atoms with van der Waals surface area (Å²) in [7, 11) is 0. The highest BCUT2D eigenvalue weighted by atomic mass is 16.5. The first-order valence-corrected chi connectivity index (χ1v) is 7.70. The van der Waals surface area contributed by atoms with E-state index in [1.807, 2.05) is 26.0 Å². The monoisotopic (exact) mass is 288 g/mol. The summed E-state index contributed by atoms with van der Waals surface area (Å²) in [6.07, 6.45) is 4.70. The van der Waals surface area contributed by atoms with Crippen LogP contribution in [0.3, 0.4) is 0 Å². The van der Waals surface area contributed by atoms with Crippen LogP contribution in [-0.2, 0) is 0 Å². The maximum absolute atomic E-state index is 12.1. The van der Waals surface area contributed by atoms with Gasteiger partial charge in [0.25, 0.3) is 5.91 Å². The van der Waals surface area contributed by atoms with Gasteiger partial charge in [-0.05, 0) is 63.3 Å². The van der Waals surface area contributed by atoms with Gasteiger partial charge in [0.2, 0.25) is 0 Å². The second-order valence-corrected chi connectivity index (χ2v) is 5.88. The smallest absolute Gasteiger partial charge is 0.271 e. The quantitative estimate of drug-likeness (QED) is 0.857. The third-order valence-corrected chi connectivity index (χ3v) is 3.68. The summed E-state index contributed by atoms with van der Waals surface area (Å²) in [5, 5.41) is 4.30. The zero-order chi connectivity index (χ0) is 15.2. The van der Waals surface area contributed by atoms with Gasteiger partial charge in [-0.1, -0.05) is 13.3 Å². The number of hydrogen-bond acceptors (Lipinski definition) is 3. The van der Waals surface area contributed by atoms with Crippen LogP contribution in [0, 0.1) is 5.92 Å². The fraction of sp³-hybridized carbons (Fsp3) is 0.529. The summed E-state index contributed by atoms with van der Waals surface area (Å²) < 4.78 is 5.56. The average molecular weight is 288 g/mol. The van der Waals surface area contributed by atoms with Gasteiger partial charge in [0.15, 0.2) is 0 Å². The molecule has 0 aromatic heterocycles. The zero-order valence-corrected chi connectivity index (χ0v) is 13.1. The van der Waals surface area contributed by atoms with Gasteiger partial charge in [-0.15, -0.1) is 0 Å². The number of carbonyl (C=O) groups is 1. The Kier molecular flexibility index (Phi) is 5.37. The van der Waals surface area contributed by atoms with E-state index in [0.717, 1.165) is 24.3 Å². The molecule has 0 saturated heterocycles. The fourth-order valence-electron chi connectivity index (χ4n) is 2.48. The van der Waals surface area contributed by atoms with Crippen LogP contribution < -0.4 is 10.2 Å². The number of carbonyl (C=O) groups excluding carboxylic acids is 1. The number of nitrogens with zero attached hydrogens (tertiary/aromatic N) is 1. The number of hydrogen-bond donors (Lipinski definition) is 1. The Labute approximate surface area is 126 Å². The Balaban J connectivity index is 1.95. The number of benzene rings is 1. The van der Waals surface area contributed by atoms with E-state index in [9.17, 15) is 4.79 Å². The molecule has 4 nitrogen and oxygen atoms in total. The lowest BCUT2D eigenvalue weighted by atomic mass is 9.89. The molecule has 2 rings (SSSR count). The molecule has 1 aromatic carbocycles. The largest absolute Gasteiger partial charge is 0.491 e. The van der Waals surface area contributed by atoms with Gasteiger partial charge in [0.1, 0.15) is 5.75 Å². The van der Waals surface area contributed by atoms with Crippen molar-refractivity contribution in [1.29, 1.82) is 0 Å². The first kappa shape index (κ1) is 15.5. The Hall–Kier alpha value is -1.84. The van der Waals surface area contributed by atoms with Crippen LogP contribution >= 0.6 is 0 Å². The maximum Gasteiger partial charge on any atom is 0.271 e. The molecule has 0 radical (unpaired) electrons. The lowest BCUT2D eigenvalue weighted by Gasteiger charge is -2.19. The van der Waals surface area contributed by atoms with Crippen LogP contribution in [0.4, 0.5) is 0 Å². The van der Waals surface area contributed by atoms with Crippen LogP contribution in [0.5, 0.6) is 5.75 Å². The highest BCUT2D eigenvalue weighted by Crippen LogP contribution is 2.20. The van der Waals surface area contributed by atoms with Crippen LogP contribution in [0.25, 0.3) is 0 Å². The van der Waals surface area contributed by atoms with E-state index in [1.54, 1.807) is 12.1 Å². The molecule has 4 heteroatoms. The van der Waals surface area contributed by atoms with Gasteiger partial charge in [-0.2, -0.15) is 5.10 Å². The molecule has 0 heterocycles. The van der Waals surface area contributed by atoms with Crippen molar-refractivity contribution in [2.45, 2.75) is 52.6 Å². The molecule has 1 amide bonds. The highest BCUT2D eigenvalue weighted by Gasteiger charge is 2.16. The summed E-state index contributed by atoms with van der Waals surface area (Å²) in [5.74, 6) is 1.08. The zero-order valence-electron chi connectivity index (χ0n) is 13.1. The number of nitrogens with one attached hydrogen (secondary N) is 1. The second-order valence-electron chi connectivity index (χ2n) is 5.88. The molecule has 0 spiro atoms. The molecule has 1 N–H and O–H groups in total. The normalized spacial score (nSPS) is 20.6. The molecule has 1 atom stereocenters. The lowest BCUT2D eigenvalue weighted by Crippen LogP contribution is -2.24. The van der Waals surface area contributed by atoms with E-state index < -0.39 is 0 Å². The van der Waals surface area contributed by atoms with Gasteiger partial charge < -0.3 is 4.74 Å². The summed E-state index contributed by atoms with van der Waals surface area (Å²) in [4.78, 5) is 12.1. The molecule has 114 valence electrons. The summed E-state index contributed by atoms with van der Waals surface area (Å²) in [5.41, 5.74) is 4.37. The Morgan fingerprint density at radius 3 is 2.62 bits per heavy atom. The van der Waals surface area contributed by atoms with Gasteiger partial charge in [0.05, 0.1) is 6.10 Å². The first-order chi connectivity index (χ1) is 10.1. The molecule has 21 heavy (non-hydrogen) atoms. The second kappa shape index (κ2) is 7.25. The van der Waals surface area contributed by atoms with Crippen molar-refractivity contribution < 1.29 is 9.53 Å². The fourth-order valence-corrected chi connectivity index (χ4v) is 2.48. The number of ether oxygens (including phenoxy) is 1. The minimum absolute atomic E-state index is 0.129. The SMILES string of the molecule is CC(C)Oc1ccc(C(=O)N/N=C2/CCCC[C@@H]2C)cc1. The average Bonchev–Trinajstić information content (AvgIpc) is 2.46. The minimum atomic E-state index is -0.170. The molecule has 0 unspecified atom stereocenters. The Morgan fingerprint density at radius 1 is 1.29 bits per heavy atom. The van der Waals surface area contributed by atoms with Crippen molar-refractivity contribution in [1.82, 2.24) is 5.43 Å². The number of hydrazone groups is 1. The molecule has 1 aromatic rings. The van der Waals surface area contributed by atoms with Crippen LogP contribution in [-0.4, -0.2) is 17.7 Å². The highest BCUT2D eigenvalue weighted by molar-refractivity contribution is 5.96. The summed E-state index contributed by atoms with van der Waals surface area (Å²) in [6.45, 7) is 6.12. The third-order valence-electron chi connectivity index (χ3n) is 3.68. The van der Waals surface area contributed by atoms with Crippen molar-refractivity contribution in [3.05, 3.63) is 29.8 Å². The van der Waals surface area contributed by atoms with Crippen LogP contribution in [0.2, 0.25) is 0 Å². The van der Waals surface area contributed by atoms with E-state index in [0.29, 0.717) is 11.5 Å². The molecular weight excluding hydrogens is 264 g/mol. The van der Waals surface area contributed by atoms with E-state index in [1.165, 1.54) is 12.8 Å². The Bertz CT molecular complexity index is 506. The van der Waals surface area contributed by atoms with Crippen molar-refractivity contribution in [2.24, 2.45) is 11.0 Å². The van der Waals surface area contributed by atoms with Gasteiger partial charge in [0, 0.05) is 11.3 Å². The van der Waals surface area contributed by atoms with E-state index >= 15 is 0 Å². The van der Waals surface area contributed by atoms with Crippen molar-refractivity contribution in [3.8, 4) is 5.75 Å². The molecule has 1 saturated carbocycles. The van der Waals surface area contributed by atoms with E-state index in [-0.39, 0.29) is 12.0 Å². The summed E-state index contributed by atoms with van der Waals surface area (Å²) in [6, 6.07) is 7.14. The molecule has 1 aliphatic carbocycles. The van der Waals surface area contributed by atoms with Crippen molar-refractivity contribution >= 4 is 11.6 Å². The van der Waals surface area contributed by atoms with Crippen molar-refractivity contribution in [2.75, 3.05) is 0 Å². The third kappa shape index (κ3) is 4.59. The lowest BCUT2D eigenvalue weighted by molar-refractivity contribution is 0.0954. The van der Waals surface area contributed by atoms with Crippen LogP contribution in [0.1, 0.15) is 56.8 Å². The molecular formula is C17H24N2O2. The summed E-state index contributed by atoms with van der Waals surface area (Å²) >= 11 is 0. The van der Waals surface area contributed by atoms with E-state index in [2.05, 4.69) is 17.5 Å². The number of rotatable bonds is 4. The van der Waals surface area contributed by atoms with Crippen molar-refractivity contribution in [3.63, 3.8) is 0 Å². The van der Waals surface area contributed by atoms with Gasteiger partial charge >= 0.3 is 0 Å². The number of amides is 1. The van der Waals surface area contributed by atoms with Crippen LogP contribution in [0.15, 0.2) is 29.4 Å².